The van der Waals surface area contributed by atoms with Gasteiger partial charge in [0.25, 0.3) is 5.91 Å². The molecule has 1 atom stereocenters. The van der Waals surface area contributed by atoms with Crippen LogP contribution in [0.2, 0.25) is 0 Å². The highest BCUT2D eigenvalue weighted by atomic mass is 16.6. The molecule has 2 aromatic carbocycles. The van der Waals surface area contributed by atoms with Crippen LogP contribution in [0.1, 0.15) is 62.1 Å². The molecule has 9 heteroatoms. The lowest BCUT2D eigenvalue weighted by Crippen LogP contribution is -2.39. The maximum Gasteiger partial charge on any atom is 0.348 e. The van der Waals surface area contributed by atoms with Gasteiger partial charge in [-0.1, -0.05) is 43.1 Å². The van der Waals surface area contributed by atoms with Crippen LogP contribution in [0.3, 0.4) is 0 Å². The summed E-state index contributed by atoms with van der Waals surface area (Å²) in [4.78, 5) is 45.9. The van der Waals surface area contributed by atoms with Gasteiger partial charge in [-0.3, -0.25) is 9.59 Å². The molecule has 1 N–H and O–H groups in total. The number of anilines is 1. The molecule has 1 aliphatic heterocycles. The maximum atomic E-state index is 13.5. The summed E-state index contributed by atoms with van der Waals surface area (Å²) in [5.41, 5.74) is 2.86. The van der Waals surface area contributed by atoms with Crippen LogP contribution in [0.15, 0.2) is 69.0 Å². The van der Waals surface area contributed by atoms with Gasteiger partial charge in [0.05, 0.1) is 12.3 Å². The van der Waals surface area contributed by atoms with Crippen LogP contribution in [0.4, 0.5) is 5.69 Å². The summed E-state index contributed by atoms with van der Waals surface area (Å²) in [6.07, 6.45) is 4.09. The van der Waals surface area contributed by atoms with E-state index in [1.807, 2.05) is 30.3 Å². The number of nitrogens with zero attached hydrogens (tertiary/aromatic N) is 3. The number of amides is 2. The summed E-state index contributed by atoms with van der Waals surface area (Å²) in [5, 5.41) is 9.23. The number of unbranched alkanes of at least 4 members (excludes halogenated alkanes) is 2. The van der Waals surface area contributed by atoms with E-state index >= 15 is 0 Å². The Kier molecular flexibility index (Phi) is 8.52. The van der Waals surface area contributed by atoms with Crippen LogP contribution >= 0.6 is 0 Å². The Hall–Kier alpha value is -4.40. The molecule has 9 nitrogen and oxygen atoms in total. The van der Waals surface area contributed by atoms with Crippen LogP contribution in [0, 0.1) is 0 Å². The number of benzene rings is 2. The Bertz CT molecular complexity index is 1670. The summed E-state index contributed by atoms with van der Waals surface area (Å²) in [6.45, 7) is 5.23. The Morgan fingerprint density at radius 3 is 2.61 bits per heavy atom. The van der Waals surface area contributed by atoms with E-state index in [2.05, 4.69) is 41.0 Å². The van der Waals surface area contributed by atoms with E-state index in [4.69, 9.17) is 9.25 Å². The number of para-hydroxylation sites is 1. The highest BCUT2D eigenvalue weighted by Crippen LogP contribution is 2.31. The molecule has 0 aliphatic carbocycles. The van der Waals surface area contributed by atoms with Crippen molar-refractivity contribution in [3.05, 3.63) is 76.3 Å². The number of carbonyl (C=O) groups is 2. The molecule has 2 aromatic heterocycles. The van der Waals surface area contributed by atoms with Gasteiger partial charge < -0.3 is 24.0 Å². The number of rotatable bonds is 10. The largest absolute Gasteiger partial charge is 0.427 e. The Morgan fingerprint density at radius 2 is 1.85 bits per heavy atom. The number of likely N-dealkylation sites (tertiary alicyclic amines) is 1. The minimum absolute atomic E-state index is 0.0453. The molecule has 0 spiro atoms. The van der Waals surface area contributed by atoms with E-state index in [0.29, 0.717) is 30.0 Å². The van der Waals surface area contributed by atoms with Crippen molar-refractivity contribution in [2.45, 2.75) is 65.0 Å². The van der Waals surface area contributed by atoms with Crippen LogP contribution in [0.5, 0.6) is 0 Å². The molecule has 214 valence electrons. The van der Waals surface area contributed by atoms with E-state index in [-0.39, 0.29) is 24.4 Å². The standard InChI is InChI=1S/C32H36N4O5/c1-4-6-7-10-24-14-15-26(32(39)41-24)31(38)36-20-22(34-40-3)17-23(36)19-30(37)33-21-13-16-29-27(18-21)25-11-8-9-12-28(25)35(29)5-2/h8-9,11-16,18,23H,4-7,10,17,19-20H2,1-3H3,(H,33,37)/b34-22-/t23-/m0/s1. The van der Waals surface area contributed by atoms with Gasteiger partial charge in [-0.15, -0.1) is 0 Å². The van der Waals surface area contributed by atoms with Gasteiger partial charge in [0, 0.05) is 59.3 Å². The molecule has 1 aliphatic rings. The fraction of sp³-hybridized carbons (Fsp3) is 0.375. The molecule has 5 rings (SSSR count). The molecule has 4 aromatic rings. The number of hydrogen-bond donors (Lipinski definition) is 1. The van der Waals surface area contributed by atoms with E-state index < -0.39 is 17.6 Å². The van der Waals surface area contributed by atoms with Crippen molar-refractivity contribution in [2.24, 2.45) is 5.16 Å². The van der Waals surface area contributed by atoms with E-state index in [0.717, 1.165) is 47.6 Å². The predicted molar refractivity (Wildman–Crippen MR) is 160 cm³/mol. The Morgan fingerprint density at radius 1 is 1.05 bits per heavy atom. The molecule has 41 heavy (non-hydrogen) atoms. The fourth-order valence-electron chi connectivity index (χ4n) is 5.74. The molecule has 2 amide bonds. The van der Waals surface area contributed by atoms with Crippen LogP contribution < -0.4 is 10.9 Å². The highest BCUT2D eigenvalue weighted by Gasteiger charge is 2.36. The van der Waals surface area contributed by atoms with Crippen molar-refractivity contribution in [3.63, 3.8) is 0 Å². The summed E-state index contributed by atoms with van der Waals surface area (Å²) >= 11 is 0. The first-order chi connectivity index (χ1) is 19.9. The number of hydrogen-bond acceptors (Lipinski definition) is 6. The summed E-state index contributed by atoms with van der Waals surface area (Å²) in [5.74, 6) is -0.145. The molecule has 0 unspecified atom stereocenters. The molecule has 1 fully saturated rings. The van der Waals surface area contributed by atoms with Gasteiger partial charge in [-0.25, -0.2) is 4.79 Å². The molecule has 0 saturated carbocycles. The lowest BCUT2D eigenvalue weighted by molar-refractivity contribution is -0.117. The van der Waals surface area contributed by atoms with Crippen molar-refractivity contribution in [1.29, 1.82) is 0 Å². The molecule has 0 bridgehead atoms. The summed E-state index contributed by atoms with van der Waals surface area (Å²) in [6, 6.07) is 16.9. The number of aryl methyl sites for hydroxylation is 2. The number of carbonyl (C=O) groups excluding carboxylic acids is 2. The zero-order valence-corrected chi connectivity index (χ0v) is 23.8. The van der Waals surface area contributed by atoms with Gasteiger partial charge in [0.1, 0.15) is 18.4 Å². The number of fused-ring (bicyclic) bond motifs is 3. The summed E-state index contributed by atoms with van der Waals surface area (Å²) < 4.78 is 7.70. The average molecular weight is 557 g/mol. The third kappa shape index (κ3) is 5.89. The zero-order valence-electron chi connectivity index (χ0n) is 23.8. The highest BCUT2D eigenvalue weighted by molar-refractivity contribution is 6.10. The zero-order chi connectivity index (χ0) is 28.9. The van der Waals surface area contributed by atoms with Crippen LogP contribution in [-0.2, 0) is 22.6 Å². The second-order valence-corrected chi connectivity index (χ2v) is 10.4. The molecule has 3 heterocycles. The van der Waals surface area contributed by atoms with Gasteiger partial charge in [0.15, 0.2) is 0 Å². The van der Waals surface area contributed by atoms with Crippen molar-refractivity contribution in [3.8, 4) is 0 Å². The first kappa shape index (κ1) is 28.1. The Balaban J connectivity index is 1.33. The number of nitrogens with one attached hydrogen (secondary N) is 1. The second-order valence-electron chi connectivity index (χ2n) is 10.4. The smallest absolute Gasteiger partial charge is 0.348 e. The fourth-order valence-corrected chi connectivity index (χ4v) is 5.74. The molecular formula is C32H36N4O5. The topological polar surface area (TPSA) is 106 Å². The minimum atomic E-state index is -0.663. The lowest BCUT2D eigenvalue weighted by Gasteiger charge is -2.23. The SMILES string of the molecule is CCCCCc1ccc(C(=O)N2C/C(=N\OC)C[C@H]2CC(=O)Nc2ccc3c(c2)c2ccccc2n3CC)c(=O)o1. The normalized spacial score (nSPS) is 16.1. The molecular weight excluding hydrogens is 520 g/mol. The van der Waals surface area contributed by atoms with Gasteiger partial charge in [-0.05, 0) is 49.7 Å². The third-order valence-corrected chi connectivity index (χ3v) is 7.68. The van der Waals surface area contributed by atoms with Crippen molar-refractivity contribution in [2.75, 3.05) is 19.0 Å². The van der Waals surface area contributed by atoms with Crippen LogP contribution in [-0.4, -0.2) is 46.7 Å². The first-order valence-electron chi connectivity index (χ1n) is 14.3. The van der Waals surface area contributed by atoms with Gasteiger partial charge in [0.2, 0.25) is 5.91 Å². The second kappa shape index (κ2) is 12.4. The maximum absolute atomic E-state index is 13.5. The Labute approximate surface area is 238 Å². The van der Waals surface area contributed by atoms with Crippen molar-refractivity contribution >= 4 is 45.0 Å². The van der Waals surface area contributed by atoms with Crippen molar-refractivity contribution in [1.82, 2.24) is 9.47 Å². The van der Waals surface area contributed by atoms with Gasteiger partial charge in [-0.2, -0.15) is 0 Å². The predicted octanol–water partition coefficient (Wildman–Crippen LogP) is 5.75. The average Bonchev–Trinajstić information content (AvgIpc) is 3.51. The van der Waals surface area contributed by atoms with E-state index in [1.165, 1.54) is 18.1 Å². The van der Waals surface area contributed by atoms with E-state index in [9.17, 15) is 14.4 Å². The monoisotopic (exact) mass is 556 g/mol. The first-order valence-corrected chi connectivity index (χ1v) is 14.3. The van der Waals surface area contributed by atoms with Crippen LogP contribution in [0.25, 0.3) is 21.8 Å². The third-order valence-electron chi connectivity index (χ3n) is 7.68. The van der Waals surface area contributed by atoms with E-state index in [1.54, 1.807) is 6.07 Å². The molecule has 1 saturated heterocycles. The molecule has 0 radical (unpaired) electrons. The quantitative estimate of drug-likeness (QED) is 0.198. The minimum Gasteiger partial charge on any atom is -0.427 e. The van der Waals surface area contributed by atoms with Crippen molar-refractivity contribution < 1.29 is 18.8 Å². The number of aromatic nitrogens is 1. The summed E-state index contributed by atoms with van der Waals surface area (Å²) in [7, 11) is 1.44. The number of oxime groups is 1. The van der Waals surface area contributed by atoms with Gasteiger partial charge >= 0.3 is 5.63 Å². The lowest BCUT2D eigenvalue weighted by atomic mass is 10.1.